The molecule has 1 aliphatic rings. The molecule has 5 nitrogen and oxygen atoms in total. The number of anilines is 1. The Labute approximate surface area is 115 Å². The Morgan fingerprint density at radius 2 is 2.37 bits per heavy atom. The molecule has 2 heterocycles. The quantitative estimate of drug-likeness (QED) is 0.865. The van der Waals surface area contributed by atoms with E-state index < -0.39 is 0 Å². The number of aromatic nitrogens is 2. The Bertz CT molecular complexity index is 552. The van der Waals surface area contributed by atoms with Gasteiger partial charge in [0.15, 0.2) is 0 Å². The summed E-state index contributed by atoms with van der Waals surface area (Å²) in [6.07, 6.45) is 0.551. The number of benzene rings is 1. The van der Waals surface area contributed by atoms with Gasteiger partial charge in [0.05, 0.1) is 13.0 Å². The van der Waals surface area contributed by atoms with Crippen LogP contribution >= 0.6 is 11.8 Å². The number of hydrogen-bond donors (Lipinski definition) is 1. The molecule has 2 aromatic rings. The summed E-state index contributed by atoms with van der Waals surface area (Å²) in [4.78, 5) is 4.40. The Morgan fingerprint density at radius 1 is 1.42 bits per heavy atom. The van der Waals surface area contributed by atoms with Crippen LogP contribution in [0.1, 0.15) is 23.4 Å². The molecule has 0 saturated carbocycles. The molecule has 0 aliphatic carbocycles. The second-order valence-electron chi connectivity index (χ2n) is 4.40. The molecule has 2 N–H and O–H groups in total. The van der Waals surface area contributed by atoms with Gasteiger partial charge in [-0.3, -0.25) is 0 Å². The smallest absolute Gasteiger partial charge is 0.231 e. The van der Waals surface area contributed by atoms with Crippen LogP contribution < -0.4 is 5.73 Å². The largest absolute Gasteiger partial charge is 0.399 e. The van der Waals surface area contributed by atoms with E-state index in [-0.39, 0.29) is 6.10 Å². The maximum atomic E-state index is 5.74. The van der Waals surface area contributed by atoms with Crippen LogP contribution in [0.5, 0.6) is 0 Å². The summed E-state index contributed by atoms with van der Waals surface area (Å²) in [7, 11) is 0. The SMILES string of the molecule is Nc1cccc(Cc2nc(C3CSCCO3)no2)c1. The fourth-order valence-corrected chi connectivity index (χ4v) is 2.83. The lowest BCUT2D eigenvalue weighted by Crippen LogP contribution is -2.16. The van der Waals surface area contributed by atoms with Gasteiger partial charge in [-0.15, -0.1) is 0 Å². The summed E-state index contributed by atoms with van der Waals surface area (Å²) in [6.45, 7) is 0.744. The molecule has 1 aromatic carbocycles. The number of hydrogen-bond acceptors (Lipinski definition) is 6. The van der Waals surface area contributed by atoms with Gasteiger partial charge in [0.2, 0.25) is 11.7 Å². The van der Waals surface area contributed by atoms with E-state index in [1.807, 2.05) is 36.0 Å². The van der Waals surface area contributed by atoms with Gasteiger partial charge in [-0.2, -0.15) is 16.7 Å². The number of thioether (sulfide) groups is 1. The van der Waals surface area contributed by atoms with E-state index in [9.17, 15) is 0 Å². The number of nitrogen functional groups attached to an aromatic ring is 1. The highest BCUT2D eigenvalue weighted by Crippen LogP contribution is 2.24. The van der Waals surface area contributed by atoms with Crippen molar-refractivity contribution in [3.8, 4) is 0 Å². The standard InChI is InChI=1S/C13H15N3O2S/c14-10-3-1-2-9(6-10)7-12-15-13(16-18-12)11-8-19-5-4-17-11/h1-3,6,11H,4-5,7-8,14H2. The van der Waals surface area contributed by atoms with Crippen molar-refractivity contribution in [2.75, 3.05) is 23.8 Å². The summed E-state index contributed by atoms with van der Waals surface area (Å²) in [5, 5.41) is 4.00. The monoisotopic (exact) mass is 277 g/mol. The van der Waals surface area contributed by atoms with Gasteiger partial charge in [-0.05, 0) is 17.7 Å². The van der Waals surface area contributed by atoms with Crippen molar-refractivity contribution in [1.29, 1.82) is 0 Å². The van der Waals surface area contributed by atoms with E-state index in [0.717, 1.165) is 29.4 Å². The maximum Gasteiger partial charge on any atom is 0.231 e. The molecule has 1 unspecified atom stereocenters. The average Bonchev–Trinajstić information content (AvgIpc) is 2.88. The number of nitrogens with zero attached hydrogens (tertiary/aromatic N) is 2. The Kier molecular flexibility index (Phi) is 3.70. The summed E-state index contributed by atoms with van der Waals surface area (Å²) in [5.41, 5.74) is 7.55. The first-order chi connectivity index (χ1) is 9.31. The minimum atomic E-state index is -0.0444. The van der Waals surface area contributed by atoms with Gasteiger partial charge in [-0.1, -0.05) is 17.3 Å². The van der Waals surface area contributed by atoms with E-state index in [1.54, 1.807) is 0 Å². The third-order valence-electron chi connectivity index (χ3n) is 2.89. The third kappa shape index (κ3) is 3.08. The van der Waals surface area contributed by atoms with Gasteiger partial charge in [0, 0.05) is 17.2 Å². The Balaban J connectivity index is 1.70. The highest BCUT2D eigenvalue weighted by Gasteiger charge is 2.22. The second kappa shape index (κ2) is 5.63. The van der Waals surface area contributed by atoms with Crippen LogP contribution in [0.4, 0.5) is 5.69 Å². The third-order valence-corrected chi connectivity index (χ3v) is 3.89. The molecule has 0 bridgehead atoms. The van der Waals surface area contributed by atoms with Crippen LogP contribution in [-0.2, 0) is 11.2 Å². The summed E-state index contributed by atoms with van der Waals surface area (Å²) in [5.74, 6) is 3.16. The van der Waals surface area contributed by atoms with Gasteiger partial charge < -0.3 is 15.0 Å². The molecule has 19 heavy (non-hydrogen) atoms. The predicted molar refractivity (Wildman–Crippen MR) is 74.0 cm³/mol. The van der Waals surface area contributed by atoms with E-state index >= 15 is 0 Å². The van der Waals surface area contributed by atoms with Crippen LogP contribution in [0, 0.1) is 0 Å². The zero-order valence-electron chi connectivity index (χ0n) is 10.4. The van der Waals surface area contributed by atoms with Crippen LogP contribution in [0.25, 0.3) is 0 Å². The first-order valence-electron chi connectivity index (χ1n) is 6.17. The molecule has 0 amide bonds. The lowest BCUT2D eigenvalue weighted by atomic mass is 10.1. The van der Waals surface area contributed by atoms with Crippen molar-refractivity contribution in [2.45, 2.75) is 12.5 Å². The second-order valence-corrected chi connectivity index (χ2v) is 5.55. The molecule has 3 rings (SSSR count). The van der Waals surface area contributed by atoms with E-state index in [0.29, 0.717) is 18.1 Å². The van der Waals surface area contributed by atoms with Crippen molar-refractivity contribution < 1.29 is 9.26 Å². The number of nitrogens with two attached hydrogens (primary N) is 1. The topological polar surface area (TPSA) is 74.2 Å². The Hall–Kier alpha value is -1.53. The van der Waals surface area contributed by atoms with Crippen molar-refractivity contribution in [3.05, 3.63) is 41.5 Å². The summed E-state index contributed by atoms with van der Waals surface area (Å²) >= 11 is 1.85. The van der Waals surface area contributed by atoms with Crippen LogP contribution in [-0.4, -0.2) is 28.3 Å². The molecule has 0 spiro atoms. The molecule has 1 aliphatic heterocycles. The number of rotatable bonds is 3. The van der Waals surface area contributed by atoms with E-state index in [1.165, 1.54) is 0 Å². The normalized spacial score (nSPS) is 19.5. The predicted octanol–water partition coefficient (Wildman–Crippen LogP) is 2.05. The molecule has 100 valence electrons. The first-order valence-corrected chi connectivity index (χ1v) is 7.33. The van der Waals surface area contributed by atoms with E-state index in [2.05, 4.69) is 10.1 Å². The van der Waals surface area contributed by atoms with Crippen LogP contribution in [0.15, 0.2) is 28.8 Å². The zero-order chi connectivity index (χ0) is 13.1. The first kappa shape index (κ1) is 12.5. The molecule has 1 fully saturated rings. The average molecular weight is 277 g/mol. The van der Waals surface area contributed by atoms with Crippen molar-refractivity contribution >= 4 is 17.4 Å². The van der Waals surface area contributed by atoms with Crippen molar-refractivity contribution in [3.63, 3.8) is 0 Å². The fourth-order valence-electron chi connectivity index (χ4n) is 1.99. The summed E-state index contributed by atoms with van der Waals surface area (Å²) in [6, 6.07) is 7.68. The molecular weight excluding hydrogens is 262 g/mol. The highest BCUT2D eigenvalue weighted by atomic mass is 32.2. The molecular formula is C13H15N3O2S. The van der Waals surface area contributed by atoms with Gasteiger partial charge in [-0.25, -0.2) is 0 Å². The van der Waals surface area contributed by atoms with Crippen LogP contribution in [0.2, 0.25) is 0 Å². The molecule has 1 saturated heterocycles. The fraction of sp³-hybridized carbons (Fsp3) is 0.385. The van der Waals surface area contributed by atoms with Gasteiger partial charge in [0.1, 0.15) is 6.10 Å². The zero-order valence-corrected chi connectivity index (χ0v) is 11.2. The number of ether oxygens (including phenoxy) is 1. The lowest BCUT2D eigenvalue weighted by Gasteiger charge is -2.18. The van der Waals surface area contributed by atoms with Crippen molar-refractivity contribution in [2.24, 2.45) is 0 Å². The maximum absolute atomic E-state index is 5.74. The molecule has 6 heteroatoms. The van der Waals surface area contributed by atoms with Crippen molar-refractivity contribution in [1.82, 2.24) is 10.1 Å². The minimum Gasteiger partial charge on any atom is -0.399 e. The molecule has 1 atom stereocenters. The summed E-state index contributed by atoms with van der Waals surface area (Å²) < 4.78 is 10.9. The molecule has 0 radical (unpaired) electrons. The molecule has 1 aromatic heterocycles. The van der Waals surface area contributed by atoms with Gasteiger partial charge >= 0.3 is 0 Å². The van der Waals surface area contributed by atoms with E-state index in [4.69, 9.17) is 15.0 Å². The van der Waals surface area contributed by atoms with Gasteiger partial charge in [0.25, 0.3) is 0 Å². The lowest BCUT2D eigenvalue weighted by molar-refractivity contribution is 0.0677. The highest BCUT2D eigenvalue weighted by molar-refractivity contribution is 7.99. The Morgan fingerprint density at radius 3 is 3.16 bits per heavy atom. The van der Waals surface area contributed by atoms with Crippen LogP contribution in [0.3, 0.4) is 0 Å². The minimum absolute atomic E-state index is 0.0444.